The molecule has 2 unspecified atom stereocenters. The zero-order chi connectivity index (χ0) is 20.0. The number of benzene rings is 1. The Morgan fingerprint density at radius 1 is 1.29 bits per heavy atom. The van der Waals surface area contributed by atoms with Crippen LogP contribution in [-0.2, 0) is 4.79 Å². The molecule has 0 aliphatic heterocycles. The van der Waals surface area contributed by atoms with Crippen LogP contribution in [0.15, 0.2) is 30.7 Å². The molecule has 1 fully saturated rings. The molecule has 2 atom stereocenters. The minimum atomic E-state index is -0.573. The number of pyridine rings is 2. The second-order valence-corrected chi connectivity index (χ2v) is 6.91. The largest absolute Gasteiger partial charge is 0.397 e. The number of carbonyl (C=O) groups is 1. The van der Waals surface area contributed by atoms with Gasteiger partial charge in [-0.3, -0.25) is 9.78 Å². The van der Waals surface area contributed by atoms with Gasteiger partial charge in [-0.2, -0.15) is 5.26 Å². The maximum Gasteiger partial charge on any atom is 0.230 e. The van der Waals surface area contributed by atoms with Crippen LogP contribution in [0, 0.1) is 35.9 Å². The highest BCUT2D eigenvalue weighted by molar-refractivity contribution is 6.00. The minimum Gasteiger partial charge on any atom is -0.397 e. The second kappa shape index (κ2) is 6.46. The van der Waals surface area contributed by atoms with Gasteiger partial charge in [0.2, 0.25) is 5.91 Å². The number of amides is 1. The number of anilines is 3. The molecule has 2 aromatic heterocycles. The van der Waals surface area contributed by atoms with E-state index in [1.807, 2.05) is 0 Å². The van der Waals surface area contributed by atoms with E-state index >= 15 is 0 Å². The number of hydrogen-bond donors (Lipinski definition) is 3. The van der Waals surface area contributed by atoms with Crippen molar-refractivity contribution in [1.29, 1.82) is 5.26 Å². The molecule has 8 heteroatoms. The number of aromatic nitrogens is 2. The number of halogens is 1. The van der Waals surface area contributed by atoms with E-state index < -0.39 is 5.82 Å². The van der Waals surface area contributed by atoms with E-state index in [9.17, 15) is 9.18 Å². The molecule has 1 saturated carbocycles. The molecule has 0 spiro atoms. The van der Waals surface area contributed by atoms with Crippen molar-refractivity contribution in [2.24, 2.45) is 11.8 Å². The van der Waals surface area contributed by atoms with Gasteiger partial charge in [-0.1, -0.05) is 0 Å². The smallest absolute Gasteiger partial charge is 0.230 e. The molecule has 0 radical (unpaired) electrons. The van der Waals surface area contributed by atoms with Gasteiger partial charge in [0.15, 0.2) is 5.82 Å². The first kappa shape index (κ1) is 17.7. The normalized spacial score (nSPS) is 17.9. The van der Waals surface area contributed by atoms with E-state index in [-0.39, 0.29) is 29.0 Å². The number of carbonyl (C=O) groups excluding carboxylic acids is 1. The van der Waals surface area contributed by atoms with Crippen LogP contribution in [-0.4, -0.2) is 15.9 Å². The lowest BCUT2D eigenvalue weighted by atomic mass is 9.97. The highest BCUT2D eigenvalue weighted by atomic mass is 19.1. The van der Waals surface area contributed by atoms with E-state index in [4.69, 9.17) is 16.7 Å². The van der Waals surface area contributed by atoms with Gasteiger partial charge >= 0.3 is 0 Å². The summed E-state index contributed by atoms with van der Waals surface area (Å²) >= 11 is 0. The fourth-order valence-electron chi connectivity index (χ4n) is 3.22. The number of fused-ring (bicyclic) bond motifs is 1. The van der Waals surface area contributed by atoms with Crippen LogP contribution in [0.4, 0.5) is 21.6 Å². The lowest BCUT2D eigenvalue weighted by Crippen LogP contribution is -2.15. The topological polar surface area (TPSA) is 131 Å². The predicted molar refractivity (Wildman–Crippen MR) is 104 cm³/mol. The van der Waals surface area contributed by atoms with E-state index in [2.05, 4.69) is 21.4 Å². The van der Waals surface area contributed by atoms with E-state index in [0.29, 0.717) is 39.8 Å². The Kier molecular flexibility index (Phi) is 4.08. The molecule has 5 N–H and O–H groups in total. The first-order valence-electron chi connectivity index (χ1n) is 8.69. The van der Waals surface area contributed by atoms with Crippen LogP contribution < -0.4 is 16.8 Å². The van der Waals surface area contributed by atoms with Crippen molar-refractivity contribution in [3.8, 4) is 17.2 Å². The van der Waals surface area contributed by atoms with E-state index in [1.165, 1.54) is 18.6 Å². The summed E-state index contributed by atoms with van der Waals surface area (Å²) in [5.41, 5.74) is 13.8. The summed E-state index contributed by atoms with van der Waals surface area (Å²) in [5, 5.41) is 12.6. The average molecular weight is 376 g/mol. The van der Waals surface area contributed by atoms with Crippen molar-refractivity contribution in [2.45, 2.75) is 13.3 Å². The third-order valence-corrected chi connectivity index (χ3v) is 5.09. The summed E-state index contributed by atoms with van der Waals surface area (Å²) in [7, 11) is 0. The van der Waals surface area contributed by atoms with Crippen molar-refractivity contribution >= 4 is 33.9 Å². The van der Waals surface area contributed by atoms with E-state index in [0.717, 1.165) is 0 Å². The summed E-state index contributed by atoms with van der Waals surface area (Å²) in [5.74, 6) is -1.05. The third kappa shape index (κ3) is 2.87. The van der Waals surface area contributed by atoms with Crippen molar-refractivity contribution in [3.05, 3.63) is 42.1 Å². The third-order valence-electron chi connectivity index (χ3n) is 5.09. The molecule has 3 aromatic rings. The minimum absolute atomic E-state index is 0.0357. The number of nitrogen functional groups attached to an aromatic ring is 2. The van der Waals surface area contributed by atoms with Crippen molar-refractivity contribution in [2.75, 3.05) is 16.8 Å². The number of nitrogens with one attached hydrogen (secondary N) is 1. The highest BCUT2D eigenvalue weighted by Gasteiger charge is 2.43. The van der Waals surface area contributed by atoms with Gasteiger partial charge in [-0.15, -0.1) is 0 Å². The Morgan fingerprint density at radius 3 is 2.79 bits per heavy atom. The van der Waals surface area contributed by atoms with Gasteiger partial charge in [0.25, 0.3) is 0 Å². The van der Waals surface area contributed by atoms with Crippen molar-refractivity contribution < 1.29 is 9.18 Å². The fraction of sp³-hybridized carbons (Fsp3) is 0.200. The SMILES string of the molecule is Cc1c(N)cncc1-c1cc2cc(NC(=O)C3CC3C#N)ncc2c(N)c1F. The number of nitrogens with zero attached hydrogens (tertiary/aromatic N) is 3. The molecule has 28 heavy (non-hydrogen) atoms. The number of rotatable bonds is 3. The summed E-state index contributed by atoms with van der Waals surface area (Å²) in [6.07, 6.45) is 5.02. The Bertz CT molecular complexity index is 1170. The average Bonchev–Trinajstić information content (AvgIpc) is 3.47. The van der Waals surface area contributed by atoms with Gasteiger partial charge in [0, 0.05) is 28.9 Å². The maximum absolute atomic E-state index is 14.9. The lowest BCUT2D eigenvalue weighted by Gasteiger charge is -2.13. The second-order valence-electron chi connectivity index (χ2n) is 6.91. The number of nitrogens with two attached hydrogens (primary N) is 2. The molecule has 1 amide bonds. The van der Waals surface area contributed by atoms with E-state index in [1.54, 1.807) is 19.1 Å². The monoisotopic (exact) mass is 376 g/mol. The van der Waals surface area contributed by atoms with Gasteiger partial charge in [0.1, 0.15) is 5.82 Å². The maximum atomic E-state index is 14.9. The Labute approximate surface area is 160 Å². The van der Waals surface area contributed by atoms with Gasteiger partial charge < -0.3 is 16.8 Å². The molecule has 1 aromatic carbocycles. The molecule has 140 valence electrons. The molecule has 0 bridgehead atoms. The zero-order valence-corrected chi connectivity index (χ0v) is 15.0. The Hall–Kier alpha value is -3.73. The Morgan fingerprint density at radius 2 is 2.07 bits per heavy atom. The first-order valence-corrected chi connectivity index (χ1v) is 8.69. The van der Waals surface area contributed by atoms with Gasteiger partial charge in [0.05, 0.1) is 35.5 Å². The van der Waals surface area contributed by atoms with Crippen LogP contribution in [0.5, 0.6) is 0 Å². The Balaban J connectivity index is 1.76. The molecule has 7 nitrogen and oxygen atoms in total. The molecule has 4 rings (SSSR count). The highest BCUT2D eigenvalue weighted by Crippen LogP contribution is 2.39. The summed E-state index contributed by atoms with van der Waals surface area (Å²) in [6, 6.07) is 5.35. The standard InChI is InChI=1S/C20H17FN6O/c1-9-14(6-25-8-16(9)23)13-2-10-4-17(26-7-15(10)19(24)18(13)21)27-20(28)12-3-11(12)5-22/h2,4,6-8,11-12H,3,23-24H2,1H3,(H,26,27,28). The first-order chi connectivity index (χ1) is 13.4. The van der Waals surface area contributed by atoms with Gasteiger partial charge in [-0.05, 0) is 36.4 Å². The number of nitriles is 1. The summed E-state index contributed by atoms with van der Waals surface area (Å²) in [4.78, 5) is 20.4. The van der Waals surface area contributed by atoms with Crippen LogP contribution in [0.3, 0.4) is 0 Å². The summed E-state index contributed by atoms with van der Waals surface area (Å²) in [6.45, 7) is 1.78. The lowest BCUT2D eigenvalue weighted by molar-refractivity contribution is -0.117. The molecule has 2 heterocycles. The van der Waals surface area contributed by atoms with Crippen LogP contribution in [0.25, 0.3) is 21.9 Å². The molecule has 1 aliphatic carbocycles. The summed E-state index contributed by atoms with van der Waals surface area (Å²) < 4.78 is 14.9. The predicted octanol–water partition coefficient (Wildman–Crippen LogP) is 3.01. The van der Waals surface area contributed by atoms with Gasteiger partial charge in [-0.25, -0.2) is 9.37 Å². The van der Waals surface area contributed by atoms with Crippen LogP contribution in [0.1, 0.15) is 12.0 Å². The van der Waals surface area contributed by atoms with Crippen molar-refractivity contribution in [3.63, 3.8) is 0 Å². The molecular weight excluding hydrogens is 359 g/mol. The van der Waals surface area contributed by atoms with Crippen molar-refractivity contribution in [1.82, 2.24) is 9.97 Å². The molecular formula is C20H17FN6O. The molecule has 0 saturated heterocycles. The number of hydrogen-bond acceptors (Lipinski definition) is 6. The fourth-order valence-corrected chi connectivity index (χ4v) is 3.22. The van der Waals surface area contributed by atoms with Crippen LogP contribution >= 0.6 is 0 Å². The molecule has 1 aliphatic rings. The zero-order valence-electron chi connectivity index (χ0n) is 15.0. The van der Waals surface area contributed by atoms with Crippen LogP contribution in [0.2, 0.25) is 0 Å². The quantitative estimate of drug-likeness (QED) is 0.602.